The van der Waals surface area contributed by atoms with Crippen LogP contribution >= 0.6 is 11.3 Å². The Kier molecular flexibility index (Phi) is 7.00. The summed E-state index contributed by atoms with van der Waals surface area (Å²) < 4.78 is 5.15. The topological polar surface area (TPSA) is 71.5 Å². The summed E-state index contributed by atoms with van der Waals surface area (Å²) in [6.07, 6.45) is 2.73. The second-order valence-electron chi connectivity index (χ2n) is 3.95. The van der Waals surface area contributed by atoms with Gasteiger partial charge in [0.1, 0.15) is 17.7 Å². The summed E-state index contributed by atoms with van der Waals surface area (Å²) in [6.45, 7) is 4.72. The van der Waals surface area contributed by atoms with Crippen molar-refractivity contribution in [1.82, 2.24) is 15.2 Å². The Morgan fingerprint density at radius 1 is 1.55 bits per heavy atom. The number of thiazole rings is 1. The Hall–Kier alpha value is -1.63. The fourth-order valence-corrected chi connectivity index (χ4v) is 2.48. The summed E-state index contributed by atoms with van der Waals surface area (Å²) in [5.74, 6) is -0.140. The molecule has 0 spiro atoms. The van der Waals surface area contributed by atoms with E-state index in [0.717, 1.165) is 11.4 Å². The van der Waals surface area contributed by atoms with Crippen molar-refractivity contribution in [3.63, 3.8) is 0 Å². The molecule has 20 heavy (non-hydrogen) atoms. The predicted octanol–water partition coefficient (Wildman–Crippen LogP) is 2.02. The molecular formula is C13H21N3O3S. The number of likely N-dealkylation sites (tertiary alicyclic amines) is 1. The van der Waals surface area contributed by atoms with Gasteiger partial charge in [-0.2, -0.15) is 0 Å². The first-order valence-corrected chi connectivity index (χ1v) is 7.63. The molecule has 1 atom stereocenters. The van der Waals surface area contributed by atoms with Crippen molar-refractivity contribution in [3.8, 4) is 0 Å². The van der Waals surface area contributed by atoms with Gasteiger partial charge in [0.25, 0.3) is 0 Å². The summed E-state index contributed by atoms with van der Waals surface area (Å²) in [5, 5.41) is 5.14. The van der Waals surface area contributed by atoms with Crippen molar-refractivity contribution in [2.45, 2.75) is 39.3 Å². The smallest absolute Gasteiger partial charge is 0.410 e. The van der Waals surface area contributed by atoms with Crippen LogP contribution in [0.1, 0.15) is 31.7 Å². The summed E-state index contributed by atoms with van der Waals surface area (Å²) in [7, 11) is 1.57. The highest BCUT2D eigenvalue weighted by Gasteiger charge is 2.34. The summed E-state index contributed by atoms with van der Waals surface area (Å²) in [4.78, 5) is 29.0. The molecule has 2 heterocycles. The van der Waals surface area contributed by atoms with Crippen LogP contribution in [0.2, 0.25) is 0 Å². The van der Waals surface area contributed by atoms with E-state index in [9.17, 15) is 9.59 Å². The van der Waals surface area contributed by atoms with Gasteiger partial charge in [0.2, 0.25) is 5.91 Å². The highest BCUT2D eigenvalue weighted by molar-refractivity contribution is 7.09. The van der Waals surface area contributed by atoms with Crippen molar-refractivity contribution in [2.24, 2.45) is 0 Å². The lowest BCUT2D eigenvalue weighted by Gasteiger charge is -2.22. The Bertz CT molecular complexity index is 423. The number of likely N-dealkylation sites (N-methyl/N-ethyl adjacent to an activating group) is 1. The molecule has 2 amide bonds. The predicted molar refractivity (Wildman–Crippen MR) is 77.4 cm³/mol. The van der Waals surface area contributed by atoms with E-state index in [1.807, 2.05) is 19.2 Å². The van der Waals surface area contributed by atoms with E-state index in [1.54, 1.807) is 13.2 Å². The van der Waals surface area contributed by atoms with Crippen LogP contribution in [-0.4, -0.2) is 41.5 Å². The van der Waals surface area contributed by atoms with E-state index in [2.05, 4.69) is 10.3 Å². The number of carbonyl (C=O) groups excluding carboxylic acids is 2. The van der Waals surface area contributed by atoms with E-state index in [1.165, 1.54) is 16.2 Å². The van der Waals surface area contributed by atoms with Gasteiger partial charge in [0, 0.05) is 25.2 Å². The highest BCUT2D eigenvalue weighted by atomic mass is 32.1. The molecule has 1 unspecified atom stereocenters. The fraction of sp³-hybridized carbons (Fsp3) is 0.615. The van der Waals surface area contributed by atoms with Crippen molar-refractivity contribution in [3.05, 3.63) is 16.6 Å². The number of hydrogen-bond donors (Lipinski definition) is 1. The third-order valence-electron chi connectivity index (χ3n) is 2.84. The lowest BCUT2D eigenvalue weighted by molar-refractivity contribution is -0.124. The molecule has 0 bridgehead atoms. The van der Waals surface area contributed by atoms with E-state index in [4.69, 9.17) is 4.74 Å². The zero-order valence-electron chi connectivity index (χ0n) is 12.1. The van der Waals surface area contributed by atoms with E-state index in [-0.39, 0.29) is 12.5 Å². The highest BCUT2D eigenvalue weighted by Crippen LogP contribution is 2.19. The fourth-order valence-electron chi connectivity index (χ4n) is 1.96. The van der Waals surface area contributed by atoms with Crippen LogP contribution in [0.25, 0.3) is 0 Å². The third-order valence-corrected chi connectivity index (χ3v) is 3.59. The molecule has 1 aliphatic heterocycles. The standard InChI is InChI=1S/C11H15N3O3S.C2H6/c1-12-10(15)8-3-2-5-14(8)11(16)17-7-9-13-4-6-18-9;1-2/h4,6,8H,2-3,5,7H2,1H3,(H,12,15);1-2H3. The molecule has 112 valence electrons. The van der Waals surface area contributed by atoms with E-state index < -0.39 is 12.1 Å². The molecule has 1 aromatic heterocycles. The first-order chi connectivity index (χ1) is 9.72. The van der Waals surface area contributed by atoms with Gasteiger partial charge in [-0.25, -0.2) is 9.78 Å². The van der Waals surface area contributed by atoms with Gasteiger partial charge >= 0.3 is 6.09 Å². The van der Waals surface area contributed by atoms with Crippen LogP contribution in [0, 0.1) is 0 Å². The number of carbonyl (C=O) groups is 2. The Labute approximate surface area is 123 Å². The maximum Gasteiger partial charge on any atom is 0.410 e. The average Bonchev–Trinajstić information content (AvgIpc) is 3.17. The summed E-state index contributed by atoms with van der Waals surface area (Å²) in [5.41, 5.74) is 0. The molecule has 1 fully saturated rings. The van der Waals surface area contributed by atoms with Crippen LogP contribution in [0.5, 0.6) is 0 Å². The number of amides is 2. The molecule has 7 heteroatoms. The van der Waals surface area contributed by atoms with Crippen molar-refractivity contribution >= 4 is 23.3 Å². The molecule has 1 N–H and O–H groups in total. The number of aromatic nitrogens is 1. The normalized spacial score (nSPS) is 17.1. The van der Waals surface area contributed by atoms with Crippen LogP contribution in [0.4, 0.5) is 4.79 Å². The summed E-state index contributed by atoms with van der Waals surface area (Å²) in [6, 6.07) is -0.404. The molecule has 0 radical (unpaired) electrons. The van der Waals surface area contributed by atoms with Gasteiger partial charge in [-0.15, -0.1) is 11.3 Å². The van der Waals surface area contributed by atoms with Crippen molar-refractivity contribution in [2.75, 3.05) is 13.6 Å². The minimum Gasteiger partial charge on any atom is -0.442 e. The lowest BCUT2D eigenvalue weighted by Crippen LogP contribution is -2.45. The SMILES string of the molecule is CC.CNC(=O)C1CCCN1C(=O)OCc1nccs1. The van der Waals surface area contributed by atoms with Crippen LogP contribution < -0.4 is 5.32 Å². The Morgan fingerprint density at radius 3 is 2.90 bits per heavy atom. The lowest BCUT2D eigenvalue weighted by atomic mass is 10.2. The molecule has 0 aromatic carbocycles. The summed E-state index contributed by atoms with van der Waals surface area (Å²) >= 11 is 1.43. The first kappa shape index (κ1) is 16.4. The van der Waals surface area contributed by atoms with Gasteiger partial charge in [-0.1, -0.05) is 13.8 Å². The van der Waals surface area contributed by atoms with Crippen molar-refractivity contribution in [1.29, 1.82) is 0 Å². The molecule has 1 aromatic rings. The minimum absolute atomic E-state index is 0.140. The quantitative estimate of drug-likeness (QED) is 0.927. The maximum atomic E-state index is 11.9. The van der Waals surface area contributed by atoms with Crippen molar-refractivity contribution < 1.29 is 14.3 Å². The Morgan fingerprint density at radius 2 is 2.30 bits per heavy atom. The monoisotopic (exact) mass is 299 g/mol. The first-order valence-electron chi connectivity index (χ1n) is 6.75. The largest absolute Gasteiger partial charge is 0.442 e. The average molecular weight is 299 g/mol. The van der Waals surface area contributed by atoms with Crippen LogP contribution in [-0.2, 0) is 16.1 Å². The van der Waals surface area contributed by atoms with Gasteiger partial charge < -0.3 is 10.1 Å². The molecule has 1 saturated heterocycles. The number of ether oxygens (including phenoxy) is 1. The molecule has 1 aliphatic rings. The number of hydrogen-bond acceptors (Lipinski definition) is 5. The Balaban J connectivity index is 0.000000956. The van der Waals surface area contributed by atoms with E-state index >= 15 is 0 Å². The third kappa shape index (κ3) is 4.19. The van der Waals surface area contributed by atoms with Gasteiger partial charge in [0.05, 0.1) is 0 Å². The van der Waals surface area contributed by atoms with E-state index in [0.29, 0.717) is 13.0 Å². The molecule has 2 rings (SSSR count). The second kappa shape index (κ2) is 8.52. The van der Waals surface area contributed by atoms with Gasteiger partial charge in [-0.3, -0.25) is 9.69 Å². The zero-order valence-corrected chi connectivity index (χ0v) is 12.9. The van der Waals surface area contributed by atoms with Crippen LogP contribution in [0.15, 0.2) is 11.6 Å². The molecule has 6 nitrogen and oxygen atoms in total. The zero-order chi connectivity index (χ0) is 15.0. The second-order valence-corrected chi connectivity index (χ2v) is 4.93. The number of nitrogens with one attached hydrogen (secondary N) is 1. The van der Waals surface area contributed by atoms with Crippen LogP contribution in [0.3, 0.4) is 0 Å². The molecule has 0 aliphatic carbocycles. The minimum atomic E-state index is -0.448. The number of rotatable bonds is 3. The number of nitrogens with zero attached hydrogens (tertiary/aromatic N) is 2. The maximum absolute atomic E-state index is 11.9. The van der Waals surface area contributed by atoms with Gasteiger partial charge in [-0.05, 0) is 12.8 Å². The van der Waals surface area contributed by atoms with Gasteiger partial charge in [0.15, 0.2) is 0 Å². The molecular weight excluding hydrogens is 278 g/mol. The molecule has 0 saturated carbocycles.